The van der Waals surface area contributed by atoms with Crippen molar-refractivity contribution < 1.29 is 4.79 Å². The number of hydrogen-bond donors (Lipinski definition) is 1. The van der Waals surface area contributed by atoms with Gasteiger partial charge in [0.15, 0.2) is 0 Å². The summed E-state index contributed by atoms with van der Waals surface area (Å²) in [5, 5.41) is 2.10. The van der Waals surface area contributed by atoms with Crippen LogP contribution in [0.4, 0.5) is 0 Å². The summed E-state index contributed by atoms with van der Waals surface area (Å²) in [7, 11) is 0. The van der Waals surface area contributed by atoms with Crippen molar-refractivity contribution >= 4 is 17.2 Å². The first-order valence-corrected chi connectivity index (χ1v) is 6.87. The van der Waals surface area contributed by atoms with E-state index >= 15 is 0 Å². The quantitative estimate of drug-likeness (QED) is 0.831. The van der Waals surface area contributed by atoms with Crippen LogP contribution in [0.5, 0.6) is 0 Å². The number of amides is 1. The fourth-order valence-corrected chi connectivity index (χ4v) is 2.89. The molecule has 0 unspecified atom stereocenters. The molecule has 0 saturated heterocycles. The highest BCUT2D eigenvalue weighted by atomic mass is 32.1. The van der Waals surface area contributed by atoms with Gasteiger partial charge in [-0.2, -0.15) is 0 Å². The molecule has 1 aromatic heterocycles. The summed E-state index contributed by atoms with van der Waals surface area (Å²) >= 11 is 1.78. The summed E-state index contributed by atoms with van der Waals surface area (Å²) in [5.74, 6) is 0.0781. The Morgan fingerprint density at radius 2 is 2.24 bits per heavy atom. The molecular formula is C13H20N2OS. The summed E-state index contributed by atoms with van der Waals surface area (Å²) in [6.07, 6.45) is 0.968. The van der Waals surface area contributed by atoms with Crippen LogP contribution in [0.3, 0.4) is 0 Å². The lowest BCUT2D eigenvalue weighted by Gasteiger charge is -2.34. The van der Waals surface area contributed by atoms with E-state index in [-0.39, 0.29) is 11.3 Å². The maximum absolute atomic E-state index is 12.3. The lowest BCUT2D eigenvalue weighted by atomic mass is 9.86. The molecule has 1 aliphatic heterocycles. The van der Waals surface area contributed by atoms with Crippen LogP contribution >= 0.6 is 11.3 Å². The SMILES string of the molecule is CC(C)(C)[C@H](N)C(=O)N1CCc2sccc2C1. The molecule has 1 aromatic rings. The second kappa shape index (κ2) is 4.42. The second-order valence-corrected chi connectivity index (χ2v) is 6.72. The molecule has 2 heterocycles. The van der Waals surface area contributed by atoms with Gasteiger partial charge in [-0.25, -0.2) is 0 Å². The first kappa shape index (κ1) is 12.6. The maximum atomic E-state index is 12.3. The summed E-state index contributed by atoms with van der Waals surface area (Å²) in [6, 6.07) is 1.70. The van der Waals surface area contributed by atoms with Crippen molar-refractivity contribution in [2.24, 2.45) is 11.1 Å². The highest BCUT2D eigenvalue weighted by Crippen LogP contribution is 2.26. The van der Waals surface area contributed by atoms with Gasteiger partial charge in [0.1, 0.15) is 0 Å². The first-order chi connectivity index (χ1) is 7.89. The predicted octanol–water partition coefficient (Wildman–Crippen LogP) is 2.01. The molecule has 4 heteroatoms. The van der Waals surface area contributed by atoms with E-state index in [1.54, 1.807) is 11.3 Å². The molecule has 1 amide bonds. The van der Waals surface area contributed by atoms with E-state index in [1.807, 2.05) is 25.7 Å². The number of carbonyl (C=O) groups is 1. The standard InChI is InChI=1S/C13H20N2OS/c1-13(2,3)11(14)12(16)15-6-4-10-9(8-15)5-7-17-10/h5,7,11H,4,6,8,14H2,1-3H3/t11-/m1/s1. The van der Waals surface area contributed by atoms with Crippen molar-refractivity contribution in [2.45, 2.75) is 39.8 Å². The minimum atomic E-state index is -0.414. The number of nitrogens with zero attached hydrogens (tertiary/aromatic N) is 1. The average Bonchev–Trinajstić information content (AvgIpc) is 2.72. The molecule has 0 aliphatic carbocycles. The van der Waals surface area contributed by atoms with Crippen molar-refractivity contribution in [3.05, 3.63) is 21.9 Å². The van der Waals surface area contributed by atoms with Gasteiger partial charge in [-0.05, 0) is 28.8 Å². The lowest BCUT2D eigenvalue weighted by molar-refractivity contribution is -0.135. The Kier molecular flexibility index (Phi) is 3.27. The Labute approximate surface area is 107 Å². The van der Waals surface area contributed by atoms with E-state index in [1.165, 1.54) is 10.4 Å². The highest BCUT2D eigenvalue weighted by molar-refractivity contribution is 7.10. The Balaban J connectivity index is 2.09. The van der Waals surface area contributed by atoms with Gasteiger partial charge in [0.05, 0.1) is 6.04 Å². The van der Waals surface area contributed by atoms with Gasteiger partial charge < -0.3 is 10.6 Å². The van der Waals surface area contributed by atoms with Crippen LogP contribution < -0.4 is 5.73 Å². The van der Waals surface area contributed by atoms with Crippen molar-refractivity contribution in [3.8, 4) is 0 Å². The van der Waals surface area contributed by atoms with Gasteiger partial charge in [-0.3, -0.25) is 4.79 Å². The van der Waals surface area contributed by atoms with Crippen LogP contribution in [0, 0.1) is 5.41 Å². The molecule has 17 heavy (non-hydrogen) atoms. The van der Waals surface area contributed by atoms with Crippen LogP contribution in [0.2, 0.25) is 0 Å². The highest BCUT2D eigenvalue weighted by Gasteiger charge is 2.32. The van der Waals surface area contributed by atoms with Crippen LogP contribution in [-0.4, -0.2) is 23.4 Å². The third-order valence-corrected chi connectivity index (χ3v) is 4.34. The normalized spacial score (nSPS) is 17.8. The Bertz CT molecular complexity index is 419. The van der Waals surface area contributed by atoms with E-state index in [0.717, 1.165) is 19.5 Å². The van der Waals surface area contributed by atoms with Gasteiger partial charge in [0, 0.05) is 18.0 Å². The van der Waals surface area contributed by atoms with Crippen molar-refractivity contribution in [1.82, 2.24) is 4.90 Å². The minimum Gasteiger partial charge on any atom is -0.337 e. The number of thiophene rings is 1. The molecule has 0 fully saturated rings. The number of hydrogen-bond acceptors (Lipinski definition) is 3. The number of nitrogens with two attached hydrogens (primary N) is 1. The molecule has 2 N–H and O–H groups in total. The van der Waals surface area contributed by atoms with E-state index in [0.29, 0.717) is 0 Å². The summed E-state index contributed by atoms with van der Waals surface area (Å²) < 4.78 is 0. The number of rotatable bonds is 1. The van der Waals surface area contributed by atoms with E-state index in [2.05, 4.69) is 11.4 Å². The van der Waals surface area contributed by atoms with Crippen molar-refractivity contribution in [3.63, 3.8) is 0 Å². The van der Waals surface area contributed by atoms with Gasteiger partial charge >= 0.3 is 0 Å². The Hall–Kier alpha value is -0.870. The van der Waals surface area contributed by atoms with Crippen LogP contribution in [-0.2, 0) is 17.8 Å². The van der Waals surface area contributed by atoms with E-state index < -0.39 is 6.04 Å². The molecule has 1 aliphatic rings. The number of carbonyl (C=O) groups excluding carboxylic acids is 1. The molecule has 94 valence electrons. The van der Waals surface area contributed by atoms with Crippen LogP contribution in [0.15, 0.2) is 11.4 Å². The van der Waals surface area contributed by atoms with Gasteiger partial charge in [-0.15, -0.1) is 11.3 Å². The molecule has 3 nitrogen and oxygen atoms in total. The summed E-state index contributed by atoms with van der Waals surface area (Å²) in [6.45, 7) is 7.55. The molecule has 0 radical (unpaired) electrons. The molecular weight excluding hydrogens is 232 g/mol. The number of fused-ring (bicyclic) bond motifs is 1. The fraction of sp³-hybridized carbons (Fsp3) is 0.615. The lowest BCUT2D eigenvalue weighted by Crippen LogP contribution is -2.51. The molecule has 1 atom stereocenters. The molecule has 0 saturated carbocycles. The third-order valence-electron chi connectivity index (χ3n) is 3.32. The zero-order valence-corrected chi connectivity index (χ0v) is 11.5. The van der Waals surface area contributed by atoms with Gasteiger partial charge in [0.25, 0.3) is 0 Å². The zero-order chi connectivity index (χ0) is 12.6. The average molecular weight is 252 g/mol. The Morgan fingerprint density at radius 3 is 2.88 bits per heavy atom. The predicted molar refractivity (Wildman–Crippen MR) is 70.9 cm³/mol. The first-order valence-electron chi connectivity index (χ1n) is 5.99. The molecule has 0 bridgehead atoms. The molecule has 2 rings (SSSR count). The van der Waals surface area contributed by atoms with E-state index in [4.69, 9.17) is 5.73 Å². The monoisotopic (exact) mass is 252 g/mol. The summed E-state index contributed by atoms with van der Waals surface area (Å²) in [5.41, 5.74) is 7.14. The fourth-order valence-electron chi connectivity index (χ4n) is 2.00. The molecule has 0 spiro atoms. The minimum absolute atomic E-state index is 0.0781. The van der Waals surface area contributed by atoms with Crippen LogP contribution in [0.25, 0.3) is 0 Å². The zero-order valence-electron chi connectivity index (χ0n) is 10.7. The summed E-state index contributed by atoms with van der Waals surface area (Å²) in [4.78, 5) is 15.6. The second-order valence-electron chi connectivity index (χ2n) is 5.72. The van der Waals surface area contributed by atoms with Gasteiger partial charge in [0.2, 0.25) is 5.91 Å². The van der Waals surface area contributed by atoms with Crippen molar-refractivity contribution in [2.75, 3.05) is 6.54 Å². The Morgan fingerprint density at radius 1 is 1.53 bits per heavy atom. The molecule has 0 aromatic carbocycles. The van der Waals surface area contributed by atoms with Crippen molar-refractivity contribution in [1.29, 1.82) is 0 Å². The smallest absolute Gasteiger partial charge is 0.240 e. The third kappa shape index (κ3) is 2.53. The van der Waals surface area contributed by atoms with Crippen LogP contribution in [0.1, 0.15) is 31.2 Å². The van der Waals surface area contributed by atoms with Gasteiger partial charge in [-0.1, -0.05) is 20.8 Å². The topological polar surface area (TPSA) is 46.3 Å². The maximum Gasteiger partial charge on any atom is 0.240 e. The largest absolute Gasteiger partial charge is 0.337 e. The van der Waals surface area contributed by atoms with E-state index in [9.17, 15) is 4.79 Å².